The van der Waals surface area contributed by atoms with Gasteiger partial charge in [0, 0.05) is 17.2 Å². The van der Waals surface area contributed by atoms with Crippen molar-refractivity contribution in [3.63, 3.8) is 0 Å². The van der Waals surface area contributed by atoms with Crippen molar-refractivity contribution in [2.75, 3.05) is 0 Å². The number of ketones is 1. The fraction of sp³-hybridized carbons (Fsp3) is 0.375. The number of nitrogens with zero attached hydrogens (tertiary/aromatic N) is 5. The largest absolute Gasteiger partial charge is 0.486 e. The molecule has 0 amide bonds. The van der Waals surface area contributed by atoms with E-state index in [9.17, 15) is 4.79 Å². The van der Waals surface area contributed by atoms with Crippen LogP contribution in [0.5, 0.6) is 5.75 Å². The Balaban J connectivity index is 1.46. The Bertz CT molecular complexity index is 1320. The molecule has 0 atom stereocenters. The first-order chi connectivity index (χ1) is 15.4. The third kappa shape index (κ3) is 3.26. The van der Waals surface area contributed by atoms with Crippen LogP contribution in [0.2, 0.25) is 0 Å². The molecule has 2 aromatic carbocycles. The van der Waals surface area contributed by atoms with E-state index in [0.717, 1.165) is 29.4 Å². The van der Waals surface area contributed by atoms with E-state index in [1.165, 1.54) is 0 Å². The van der Waals surface area contributed by atoms with Gasteiger partial charge in [0.25, 0.3) is 5.89 Å². The number of benzene rings is 2. The van der Waals surface area contributed by atoms with Crippen molar-refractivity contribution in [1.29, 1.82) is 0 Å². The number of aromatic nitrogens is 5. The van der Waals surface area contributed by atoms with Crippen molar-refractivity contribution in [1.82, 2.24) is 25.1 Å². The lowest BCUT2D eigenvalue weighted by molar-refractivity contribution is 0.0350. The number of Topliss-reactive ketones (excluding diaryl/α,β-unsaturated/α-hetero) is 1. The minimum Gasteiger partial charge on any atom is -0.486 e. The predicted molar refractivity (Wildman–Crippen MR) is 120 cm³/mol. The highest BCUT2D eigenvalue weighted by Crippen LogP contribution is 2.39. The zero-order valence-corrected chi connectivity index (χ0v) is 18.6. The number of hydrogen-bond acceptors (Lipinski definition) is 7. The highest BCUT2D eigenvalue weighted by atomic mass is 16.5. The molecule has 0 aliphatic carbocycles. The van der Waals surface area contributed by atoms with E-state index in [2.05, 4.69) is 48.1 Å². The Morgan fingerprint density at radius 1 is 1.09 bits per heavy atom. The third-order valence-electron chi connectivity index (χ3n) is 6.27. The lowest BCUT2D eigenvalue weighted by atomic mass is 9.85. The molecule has 3 heterocycles. The van der Waals surface area contributed by atoms with Gasteiger partial charge in [0.1, 0.15) is 16.9 Å². The first-order valence-electron chi connectivity index (χ1n) is 11.0. The number of carbonyl (C=O) groups is 1. The number of carbonyl (C=O) groups excluding carboxylic acids is 1. The summed E-state index contributed by atoms with van der Waals surface area (Å²) >= 11 is 0. The van der Waals surface area contributed by atoms with Crippen LogP contribution in [0.4, 0.5) is 0 Å². The first kappa shape index (κ1) is 20.4. The maximum Gasteiger partial charge on any atom is 0.258 e. The second kappa shape index (κ2) is 7.55. The van der Waals surface area contributed by atoms with Crippen LogP contribution in [0.3, 0.4) is 0 Å². The Hall–Kier alpha value is -3.55. The van der Waals surface area contributed by atoms with Crippen LogP contribution in [0.25, 0.3) is 33.9 Å². The highest BCUT2D eigenvalue weighted by Gasteiger charge is 2.37. The minimum absolute atomic E-state index is 0.0789. The zero-order valence-electron chi connectivity index (χ0n) is 18.6. The molecule has 32 heavy (non-hydrogen) atoms. The van der Waals surface area contributed by atoms with E-state index in [0.29, 0.717) is 35.0 Å². The topological polar surface area (TPSA) is 95.9 Å². The van der Waals surface area contributed by atoms with Gasteiger partial charge in [-0.15, -0.1) is 5.10 Å². The molecule has 0 N–H and O–H groups in total. The van der Waals surface area contributed by atoms with Crippen molar-refractivity contribution in [2.24, 2.45) is 0 Å². The van der Waals surface area contributed by atoms with Crippen molar-refractivity contribution in [3.05, 3.63) is 42.0 Å². The Kier molecular flexibility index (Phi) is 4.80. The molecule has 0 unspecified atom stereocenters. The van der Waals surface area contributed by atoms with Gasteiger partial charge in [-0.2, -0.15) is 4.98 Å². The molecule has 8 heteroatoms. The quantitative estimate of drug-likeness (QED) is 0.425. The van der Waals surface area contributed by atoms with E-state index in [1.807, 2.05) is 35.0 Å². The minimum atomic E-state index is -0.417. The fourth-order valence-corrected chi connectivity index (χ4v) is 4.19. The third-order valence-corrected chi connectivity index (χ3v) is 6.27. The number of hydrogen-bond donors (Lipinski definition) is 0. The van der Waals surface area contributed by atoms with Crippen LogP contribution in [0.1, 0.15) is 63.4 Å². The summed E-state index contributed by atoms with van der Waals surface area (Å²) in [4.78, 5) is 17.4. The molecule has 4 aromatic rings. The van der Waals surface area contributed by atoms with Gasteiger partial charge in [-0.3, -0.25) is 4.79 Å². The van der Waals surface area contributed by atoms with E-state index in [1.54, 1.807) is 6.07 Å². The Labute approximate surface area is 185 Å². The molecule has 1 aliphatic heterocycles. The van der Waals surface area contributed by atoms with Gasteiger partial charge >= 0.3 is 0 Å². The summed E-state index contributed by atoms with van der Waals surface area (Å²) in [5.41, 5.74) is 3.35. The van der Waals surface area contributed by atoms with E-state index >= 15 is 0 Å². The normalized spacial score (nSPS) is 15.2. The van der Waals surface area contributed by atoms with Gasteiger partial charge in [0.15, 0.2) is 5.78 Å². The Morgan fingerprint density at radius 2 is 1.88 bits per heavy atom. The van der Waals surface area contributed by atoms with E-state index < -0.39 is 5.60 Å². The lowest BCUT2D eigenvalue weighted by Crippen LogP contribution is -2.40. The molecule has 0 bridgehead atoms. The van der Waals surface area contributed by atoms with Crippen LogP contribution in [-0.4, -0.2) is 36.5 Å². The van der Waals surface area contributed by atoms with Gasteiger partial charge in [-0.1, -0.05) is 24.2 Å². The van der Waals surface area contributed by atoms with Crippen LogP contribution in [0.15, 0.2) is 40.9 Å². The molecule has 2 aromatic heterocycles. The monoisotopic (exact) mass is 431 g/mol. The summed E-state index contributed by atoms with van der Waals surface area (Å²) in [6.45, 7) is 8.23. The second-order valence-electron chi connectivity index (χ2n) is 8.56. The van der Waals surface area contributed by atoms with E-state index in [-0.39, 0.29) is 11.8 Å². The van der Waals surface area contributed by atoms with Crippen LogP contribution >= 0.6 is 0 Å². The Morgan fingerprint density at radius 3 is 2.62 bits per heavy atom. The molecule has 0 spiro atoms. The molecule has 0 saturated heterocycles. The maximum absolute atomic E-state index is 12.8. The highest BCUT2D eigenvalue weighted by molar-refractivity contribution is 6.01. The molecule has 5 rings (SSSR count). The summed E-state index contributed by atoms with van der Waals surface area (Å²) in [7, 11) is 0. The molecular formula is C24H25N5O3. The predicted octanol–water partition coefficient (Wildman–Crippen LogP) is 5.25. The van der Waals surface area contributed by atoms with Crippen LogP contribution in [0, 0.1) is 0 Å². The molecule has 0 saturated carbocycles. The maximum atomic E-state index is 12.8. The fourth-order valence-electron chi connectivity index (χ4n) is 4.19. The number of ether oxygens (including phenoxy) is 1. The summed E-state index contributed by atoms with van der Waals surface area (Å²) in [5.74, 6) is 1.50. The summed E-state index contributed by atoms with van der Waals surface area (Å²) in [6.07, 6.45) is 1.96. The molecule has 8 nitrogen and oxygen atoms in total. The van der Waals surface area contributed by atoms with Gasteiger partial charge < -0.3 is 9.26 Å². The molecule has 0 fully saturated rings. The molecular weight excluding hydrogens is 406 g/mol. The lowest BCUT2D eigenvalue weighted by Gasteiger charge is -2.36. The molecule has 0 radical (unpaired) electrons. The van der Waals surface area contributed by atoms with Crippen molar-refractivity contribution >= 4 is 16.8 Å². The first-order valence-corrected chi connectivity index (χ1v) is 11.0. The average molecular weight is 431 g/mol. The average Bonchev–Trinajstić information content (AvgIpc) is 3.46. The van der Waals surface area contributed by atoms with Crippen molar-refractivity contribution in [3.8, 4) is 28.6 Å². The molecule has 164 valence electrons. The second-order valence-corrected chi connectivity index (χ2v) is 8.56. The standard InChI is InChI=1S/C24H25N5O3/c1-5-24(6-2)13-20(30)17-11-16(8-10-21(17)31-24)23-25-22(27-32-23)15-7-9-19-18(12-15)26-28-29(19)14(3)4/h7-12,14H,5-6,13H2,1-4H3. The zero-order chi connectivity index (χ0) is 22.5. The summed E-state index contributed by atoms with van der Waals surface area (Å²) in [6, 6.07) is 11.5. The van der Waals surface area contributed by atoms with Gasteiger partial charge in [-0.25, -0.2) is 4.68 Å². The van der Waals surface area contributed by atoms with Crippen LogP contribution < -0.4 is 4.74 Å². The van der Waals surface area contributed by atoms with Gasteiger partial charge in [0.05, 0.1) is 17.5 Å². The number of fused-ring (bicyclic) bond motifs is 2. The molecule has 1 aliphatic rings. The van der Waals surface area contributed by atoms with Crippen LogP contribution in [-0.2, 0) is 0 Å². The van der Waals surface area contributed by atoms with Crippen molar-refractivity contribution in [2.45, 2.75) is 58.6 Å². The van der Waals surface area contributed by atoms with E-state index in [4.69, 9.17) is 9.26 Å². The van der Waals surface area contributed by atoms with Gasteiger partial charge in [0.2, 0.25) is 5.82 Å². The SMILES string of the molecule is CCC1(CC)CC(=O)c2cc(-c3nc(-c4ccc5c(c4)nnn5C(C)C)no3)ccc2O1. The number of rotatable bonds is 5. The summed E-state index contributed by atoms with van der Waals surface area (Å²) in [5, 5.41) is 12.6. The smallest absolute Gasteiger partial charge is 0.258 e. The van der Waals surface area contributed by atoms with Crippen molar-refractivity contribution < 1.29 is 14.1 Å². The summed E-state index contributed by atoms with van der Waals surface area (Å²) < 4.78 is 13.6. The van der Waals surface area contributed by atoms with Gasteiger partial charge in [-0.05, 0) is 63.1 Å².